The van der Waals surface area contributed by atoms with Crippen molar-refractivity contribution in [1.29, 1.82) is 0 Å². The van der Waals surface area contributed by atoms with Crippen molar-refractivity contribution in [3.63, 3.8) is 0 Å². The van der Waals surface area contributed by atoms with Crippen LogP contribution in [-0.4, -0.2) is 23.3 Å². The standard InChI is InChI=1S/C15H22N4O/c1-15(2,10-16)8-5-9-17-13-11-6-3-4-7-12(11)14(20)19-18-13/h3-4,6-7H,5,8-10,16H2,1-2H3,(H,17,18)(H,19,20). The maximum atomic E-state index is 11.7. The molecule has 2 aromatic rings. The summed E-state index contributed by atoms with van der Waals surface area (Å²) in [6.45, 7) is 5.83. The van der Waals surface area contributed by atoms with Gasteiger partial charge in [0.05, 0.1) is 5.39 Å². The summed E-state index contributed by atoms with van der Waals surface area (Å²) in [7, 11) is 0. The number of benzene rings is 1. The average Bonchev–Trinajstić information content (AvgIpc) is 2.46. The first kappa shape index (κ1) is 14.5. The third-order valence-electron chi connectivity index (χ3n) is 3.57. The van der Waals surface area contributed by atoms with Crippen LogP contribution in [-0.2, 0) is 0 Å². The van der Waals surface area contributed by atoms with E-state index in [-0.39, 0.29) is 11.0 Å². The molecule has 0 aliphatic heterocycles. The molecule has 108 valence electrons. The van der Waals surface area contributed by atoms with Gasteiger partial charge in [0, 0.05) is 11.9 Å². The zero-order valence-electron chi connectivity index (χ0n) is 12.1. The van der Waals surface area contributed by atoms with Crippen LogP contribution >= 0.6 is 0 Å². The number of hydrogen-bond donors (Lipinski definition) is 3. The van der Waals surface area contributed by atoms with Gasteiger partial charge in [0.25, 0.3) is 5.56 Å². The Morgan fingerprint density at radius 1 is 1.30 bits per heavy atom. The predicted octanol–water partition coefficient (Wildman–Crippen LogP) is 2.10. The molecular formula is C15H22N4O. The number of fused-ring (bicyclic) bond motifs is 1. The fourth-order valence-corrected chi connectivity index (χ4v) is 2.13. The molecule has 0 atom stereocenters. The van der Waals surface area contributed by atoms with Gasteiger partial charge < -0.3 is 11.1 Å². The van der Waals surface area contributed by atoms with Crippen LogP contribution in [0.4, 0.5) is 5.82 Å². The molecule has 5 heteroatoms. The van der Waals surface area contributed by atoms with E-state index in [1.165, 1.54) is 0 Å². The second kappa shape index (κ2) is 6.05. The van der Waals surface area contributed by atoms with E-state index in [0.717, 1.165) is 30.6 Å². The Kier molecular flexibility index (Phi) is 4.39. The second-order valence-electron chi connectivity index (χ2n) is 5.85. The van der Waals surface area contributed by atoms with E-state index in [9.17, 15) is 4.79 Å². The van der Waals surface area contributed by atoms with Crippen molar-refractivity contribution < 1.29 is 0 Å². The van der Waals surface area contributed by atoms with Crippen LogP contribution in [0.15, 0.2) is 29.1 Å². The molecular weight excluding hydrogens is 252 g/mol. The van der Waals surface area contributed by atoms with Crippen LogP contribution in [0.2, 0.25) is 0 Å². The largest absolute Gasteiger partial charge is 0.368 e. The number of anilines is 1. The van der Waals surface area contributed by atoms with Crippen molar-refractivity contribution in [2.75, 3.05) is 18.4 Å². The number of H-pyrrole nitrogens is 1. The van der Waals surface area contributed by atoms with Crippen LogP contribution in [0.5, 0.6) is 0 Å². The van der Waals surface area contributed by atoms with Crippen molar-refractivity contribution in [2.45, 2.75) is 26.7 Å². The van der Waals surface area contributed by atoms with Gasteiger partial charge in [-0.1, -0.05) is 32.0 Å². The quantitative estimate of drug-likeness (QED) is 0.704. The Labute approximate surface area is 118 Å². The summed E-state index contributed by atoms with van der Waals surface area (Å²) in [5, 5.41) is 11.4. The molecule has 1 heterocycles. The minimum atomic E-state index is -0.157. The number of nitrogens with one attached hydrogen (secondary N) is 2. The van der Waals surface area contributed by atoms with Crippen LogP contribution in [0, 0.1) is 5.41 Å². The van der Waals surface area contributed by atoms with Gasteiger partial charge in [-0.05, 0) is 30.9 Å². The number of aromatic amines is 1. The van der Waals surface area contributed by atoms with Crippen molar-refractivity contribution in [3.05, 3.63) is 34.6 Å². The molecule has 5 nitrogen and oxygen atoms in total. The Morgan fingerprint density at radius 3 is 2.70 bits per heavy atom. The Morgan fingerprint density at radius 2 is 2.00 bits per heavy atom. The average molecular weight is 274 g/mol. The highest BCUT2D eigenvalue weighted by Gasteiger charge is 2.14. The highest BCUT2D eigenvalue weighted by molar-refractivity contribution is 5.90. The zero-order chi connectivity index (χ0) is 14.6. The number of nitrogens with two attached hydrogens (primary N) is 1. The maximum absolute atomic E-state index is 11.7. The molecule has 0 fully saturated rings. The van der Waals surface area contributed by atoms with Crippen molar-refractivity contribution >= 4 is 16.6 Å². The molecule has 1 aromatic heterocycles. The third-order valence-corrected chi connectivity index (χ3v) is 3.57. The van der Waals surface area contributed by atoms with E-state index in [2.05, 4.69) is 29.4 Å². The molecule has 20 heavy (non-hydrogen) atoms. The minimum absolute atomic E-state index is 0.157. The van der Waals surface area contributed by atoms with E-state index >= 15 is 0 Å². The van der Waals surface area contributed by atoms with Crippen LogP contribution in [0.1, 0.15) is 26.7 Å². The highest BCUT2D eigenvalue weighted by atomic mass is 16.1. The molecule has 0 bridgehead atoms. The van der Waals surface area contributed by atoms with Gasteiger partial charge in [-0.3, -0.25) is 4.79 Å². The fraction of sp³-hybridized carbons (Fsp3) is 0.467. The molecule has 0 spiro atoms. The summed E-state index contributed by atoms with van der Waals surface area (Å²) >= 11 is 0. The van der Waals surface area contributed by atoms with Crippen LogP contribution < -0.4 is 16.6 Å². The van der Waals surface area contributed by atoms with Crippen LogP contribution in [0.25, 0.3) is 10.8 Å². The van der Waals surface area contributed by atoms with Gasteiger partial charge in [0.1, 0.15) is 0 Å². The van der Waals surface area contributed by atoms with Gasteiger partial charge >= 0.3 is 0 Å². The molecule has 0 aliphatic rings. The lowest BCUT2D eigenvalue weighted by molar-refractivity contribution is 0.341. The lowest BCUT2D eigenvalue weighted by atomic mass is 9.88. The van der Waals surface area contributed by atoms with Crippen molar-refractivity contribution in [3.8, 4) is 0 Å². The van der Waals surface area contributed by atoms with Crippen molar-refractivity contribution in [2.24, 2.45) is 11.1 Å². The molecule has 4 N–H and O–H groups in total. The molecule has 0 saturated heterocycles. The number of hydrogen-bond acceptors (Lipinski definition) is 4. The molecule has 2 rings (SSSR count). The van der Waals surface area contributed by atoms with Gasteiger partial charge in [-0.15, -0.1) is 0 Å². The van der Waals surface area contributed by atoms with E-state index < -0.39 is 0 Å². The smallest absolute Gasteiger partial charge is 0.272 e. The predicted molar refractivity (Wildman–Crippen MR) is 82.9 cm³/mol. The molecule has 0 amide bonds. The number of nitrogens with zero attached hydrogens (tertiary/aromatic N) is 1. The lowest BCUT2D eigenvalue weighted by Gasteiger charge is -2.22. The molecule has 0 unspecified atom stereocenters. The van der Waals surface area contributed by atoms with E-state index in [1.54, 1.807) is 6.07 Å². The zero-order valence-corrected chi connectivity index (χ0v) is 12.1. The van der Waals surface area contributed by atoms with E-state index in [1.807, 2.05) is 18.2 Å². The summed E-state index contributed by atoms with van der Waals surface area (Å²) in [6.07, 6.45) is 2.07. The fourth-order valence-electron chi connectivity index (χ4n) is 2.13. The minimum Gasteiger partial charge on any atom is -0.368 e. The van der Waals surface area contributed by atoms with Gasteiger partial charge in [0.2, 0.25) is 0 Å². The molecule has 0 saturated carbocycles. The van der Waals surface area contributed by atoms with Crippen molar-refractivity contribution in [1.82, 2.24) is 10.2 Å². The highest BCUT2D eigenvalue weighted by Crippen LogP contribution is 2.21. The number of aromatic nitrogens is 2. The first-order valence-corrected chi connectivity index (χ1v) is 6.95. The Hall–Kier alpha value is -1.88. The SMILES string of the molecule is CC(C)(CN)CCCNc1n[nH]c(=O)c2ccccc12. The topological polar surface area (TPSA) is 83.8 Å². The van der Waals surface area contributed by atoms with Gasteiger partial charge in [0.15, 0.2) is 5.82 Å². The van der Waals surface area contributed by atoms with Crippen LogP contribution in [0.3, 0.4) is 0 Å². The monoisotopic (exact) mass is 274 g/mol. The summed E-state index contributed by atoms with van der Waals surface area (Å²) in [5.74, 6) is 0.728. The first-order chi connectivity index (χ1) is 9.53. The summed E-state index contributed by atoms with van der Waals surface area (Å²) < 4.78 is 0. The van der Waals surface area contributed by atoms with E-state index in [4.69, 9.17) is 5.73 Å². The summed E-state index contributed by atoms with van der Waals surface area (Å²) in [4.78, 5) is 11.7. The molecule has 0 radical (unpaired) electrons. The molecule has 0 aliphatic carbocycles. The Balaban J connectivity index is 2.04. The molecule has 1 aromatic carbocycles. The van der Waals surface area contributed by atoms with E-state index in [0.29, 0.717) is 11.9 Å². The third kappa shape index (κ3) is 3.36. The van der Waals surface area contributed by atoms with Gasteiger partial charge in [-0.25, -0.2) is 5.10 Å². The second-order valence-corrected chi connectivity index (χ2v) is 5.85. The lowest BCUT2D eigenvalue weighted by Crippen LogP contribution is -2.24. The van der Waals surface area contributed by atoms with Gasteiger partial charge in [-0.2, -0.15) is 5.10 Å². The first-order valence-electron chi connectivity index (χ1n) is 6.95. The number of rotatable bonds is 6. The maximum Gasteiger partial charge on any atom is 0.272 e. The summed E-state index contributed by atoms with van der Waals surface area (Å²) in [6, 6.07) is 7.47. The summed E-state index contributed by atoms with van der Waals surface area (Å²) in [5.41, 5.74) is 5.73. The normalized spacial score (nSPS) is 11.8. The Bertz CT molecular complexity index is 633.